The van der Waals surface area contributed by atoms with E-state index in [0.29, 0.717) is 18.8 Å². The Hall–Kier alpha value is -1.40. The van der Waals surface area contributed by atoms with Crippen molar-refractivity contribution in [3.05, 3.63) is 40.4 Å². The lowest BCUT2D eigenvalue weighted by molar-refractivity contribution is 0.463. The molecule has 2 rings (SSSR count). The van der Waals surface area contributed by atoms with Crippen LogP contribution in [0.25, 0.3) is 0 Å². The van der Waals surface area contributed by atoms with Crippen LogP contribution in [0, 0.1) is 0 Å². The summed E-state index contributed by atoms with van der Waals surface area (Å²) < 4.78 is 2.80. The minimum Gasteiger partial charge on any atom is -0.508 e. The normalized spacial score (nSPS) is 10.7. The maximum absolute atomic E-state index is 9.65. The number of nitrogens with zero attached hydrogens (tertiary/aromatic N) is 3. The van der Waals surface area contributed by atoms with E-state index in [1.165, 1.54) is 0 Å². The minimum atomic E-state index is 0.290. The molecule has 90 valence electrons. The van der Waals surface area contributed by atoms with Crippen molar-refractivity contribution in [3.63, 3.8) is 0 Å². The first-order valence-corrected chi connectivity index (χ1v) is 5.97. The smallest absolute Gasteiger partial charge is 0.146 e. The largest absolute Gasteiger partial charge is 0.508 e. The van der Waals surface area contributed by atoms with Gasteiger partial charge in [0.25, 0.3) is 0 Å². The fourth-order valence-electron chi connectivity index (χ4n) is 1.47. The Balaban J connectivity index is 1.94. The Morgan fingerprint density at radius 1 is 1.41 bits per heavy atom. The molecule has 0 bridgehead atoms. The van der Waals surface area contributed by atoms with Crippen molar-refractivity contribution < 1.29 is 5.11 Å². The Morgan fingerprint density at radius 3 is 2.94 bits per heavy atom. The Kier molecular flexibility index (Phi) is 3.75. The molecule has 17 heavy (non-hydrogen) atoms. The average molecular weight is 297 g/mol. The molecular weight excluding hydrogens is 284 g/mol. The van der Waals surface area contributed by atoms with Crippen LogP contribution in [0.4, 0.5) is 0 Å². The molecule has 1 heterocycles. The number of rotatable bonds is 4. The average Bonchev–Trinajstić information content (AvgIpc) is 2.70. The van der Waals surface area contributed by atoms with Crippen molar-refractivity contribution in [3.8, 4) is 5.75 Å². The summed E-state index contributed by atoms with van der Waals surface area (Å²) in [6.07, 6.45) is 1.66. The van der Waals surface area contributed by atoms with Crippen LogP contribution in [0.5, 0.6) is 5.75 Å². The fourth-order valence-corrected chi connectivity index (χ4v) is 1.88. The highest BCUT2D eigenvalue weighted by atomic mass is 79.9. The van der Waals surface area contributed by atoms with Crippen molar-refractivity contribution in [1.29, 1.82) is 0 Å². The maximum atomic E-state index is 9.65. The number of aromatic hydroxyl groups is 1. The zero-order valence-electron chi connectivity index (χ0n) is 9.39. The van der Waals surface area contributed by atoms with Gasteiger partial charge in [-0.15, -0.1) is 10.2 Å². The van der Waals surface area contributed by atoms with Crippen molar-refractivity contribution >= 4 is 15.9 Å². The highest BCUT2D eigenvalue weighted by Crippen LogP contribution is 2.21. The molecule has 6 heteroatoms. The number of benzene rings is 1. The topological polar surface area (TPSA) is 63.0 Å². The second kappa shape index (κ2) is 5.29. The second-order valence-electron chi connectivity index (χ2n) is 3.73. The molecule has 0 saturated carbocycles. The molecule has 0 fully saturated rings. The molecule has 1 aromatic carbocycles. The number of hydrogen-bond acceptors (Lipinski definition) is 4. The fraction of sp³-hybridized carbons (Fsp3) is 0.273. The van der Waals surface area contributed by atoms with E-state index in [1.807, 2.05) is 23.7 Å². The molecule has 0 amide bonds. The third kappa shape index (κ3) is 3.04. The monoisotopic (exact) mass is 296 g/mol. The van der Waals surface area contributed by atoms with Crippen LogP contribution in [-0.4, -0.2) is 19.9 Å². The Bertz CT molecular complexity index is 512. The first kappa shape index (κ1) is 12.1. The van der Waals surface area contributed by atoms with E-state index in [9.17, 15) is 5.11 Å². The van der Waals surface area contributed by atoms with Gasteiger partial charge in [0.2, 0.25) is 0 Å². The standard InChI is InChI=1S/C11H13BrN4O/c1-16-7-14-15-11(16)6-13-5-8-4-9(12)2-3-10(8)17/h2-4,7,13,17H,5-6H2,1H3. The van der Waals surface area contributed by atoms with Crippen molar-refractivity contribution in [2.45, 2.75) is 13.1 Å². The van der Waals surface area contributed by atoms with E-state index >= 15 is 0 Å². The molecule has 1 aromatic heterocycles. The van der Waals surface area contributed by atoms with Crippen LogP contribution >= 0.6 is 15.9 Å². The molecule has 0 radical (unpaired) electrons. The molecule has 0 aliphatic carbocycles. The van der Waals surface area contributed by atoms with Gasteiger partial charge in [-0.25, -0.2) is 0 Å². The number of aryl methyl sites for hydroxylation is 1. The van der Waals surface area contributed by atoms with Crippen LogP contribution < -0.4 is 5.32 Å². The first-order valence-electron chi connectivity index (χ1n) is 5.18. The predicted octanol–water partition coefficient (Wildman–Crippen LogP) is 1.57. The van der Waals surface area contributed by atoms with Crippen molar-refractivity contribution in [2.24, 2.45) is 7.05 Å². The van der Waals surface area contributed by atoms with E-state index in [0.717, 1.165) is 15.9 Å². The summed E-state index contributed by atoms with van der Waals surface area (Å²) in [5.41, 5.74) is 0.849. The molecule has 5 nitrogen and oxygen atoms in total. The van der Waals surface area contributed by atoms with Gasteiger partial charge in [-0.3, -0.25) is 0 Å². The number of halogens is 1. The van der Waals surface area contributed by atoms with Gasteiger partial charge >= 0.3 is 0 Å². The zero-order valence-corrected chi connectivity index (χ0v) is 11.0. The number of phenols is 1. The van der Waals surface area contributed by atoms with Crippen LogP contribution in [0.3, 0.4) is 0 Å². The lowest BCUT2D eigenvalue weighted by Gasteiger charge is -2.07. The van der Waals surface area contributed by atoms with Gasteiger partial charge in [0.15, 0.2) is 0 Å². The van der Waals surface area contributed by atoms with Gasteiger partial charge in [-0.05, 0) is 18.2 Å². The molecule has 2 aromatic rings. The summed E-state index contributed by atoms with van der Waals surface area (Å²) >= 11 is 3.37. The minimum absolute atomic E-state index is 0.290. The van der Waals surface area contributed by atoms with E-state index < -0.39 is 0 Å². The van der Waals surface area contributed by atoms with Gasteiger partial charge in [0.05, 0.1) is 6.54 Å². The third-order valence-corrected chi connectivity index (χ3v) is 2.94. The number of nitrogens with one attached hydrogen (secondary N) is 1. The van der Waals surface area contributed by atoms with Gasteiger partial charge in [0, 0.05) is 23.6 Å². The first-order chi connectivity index (χ1) is 8.16. The van der Waals surface area contributed by atoms with Crippen LogP contribution in [0.2, 0.25) is 0 Å². The molecule has 0 unspecified atom stereocenters. The third-order valence-electron chi connectivity index (χ3n) is 2.45. The van der Waals surface area contributed by atoms with Gasteiger partial charge in [0.1, 0.15) is 17.9 Å². The molecular formula is C11H13BrN4O. The van der Waals surface area contributed by atoms with Gasteiger partial charge in [-0.1, -0.05) is 15.9 Å². The van der Waals surface area contributed by atoms with E-state index in [2.05, 4.69) is 31.4 Å². The SMILES string of the molecule is Cn1cnnc1CNCc1cc(Br)ccc1O. The lowest BCUT2D eigenvalue weighted by Crippen LogP contribution is -2.15. The zero-order chi connectivity index (χ0) is 12.3. The molecule has 0 spiro atoms. The molecule has 0 saturated heterocycles. The van der Waals surface area contributed by atoms with Crippen LogP contribution in [0.1, 0.15) is 11.4 Å². The molecule has 0 aliphatic rings. The van der Waals surface area contributed by atoms with E-state index in [1.54, 1.807) is 12.4 Å². The van der Waals surface area contributed by atoms with E-state index in [-0.39, 0.29) is 0 Å². The summed E-state index contributed by atoms with van der Waals surface area (Å²) in [5, 5.41) is 20.6. The second-order valence-corrected chi connectivity index (χ2v) is 4.65. The van der Waals surface area contributed by atoms with Crippen molar-refractivity contribution in [1.82, 2.24) is 20.1 Å². The van der Waals surface area contributed by atoms with Crippen molar-refractivity contribution in [2.75, 3.05) is 0 Å². The molecule has 0 atom stereocenters. The van der Waals surface area contributed by atoms with Gasteiger partial charge < -0.3 is 15.0 Å². The maximum Gasteiger partial charge on any atom is 0.146 e. The highest BCUT2D eigenvalue weighted by molar-refractivity contribution is 9.10. The predicted molar refractivity (Wildman–Crippen MR) is 67.4 cm³/mol. The highest BCUT2D eigenvalue weighted by Gasteiger charge is 2.03. The molecule has 0 aliphatic heterocycles. The summed E-state index contributed by atoms with van der Waals surface area (Å²) in [5.74, 6) is 1.15. The number of phenolic OH excluding ortho intramolecular Hbond substituents is 1. The number of hydrogen-bond donors (Lipinski definition) is 2. The summed E-state index contributed by atoms with van der Waals surface area (Å²) in [6.45, 7) is 1.20. The van der Waals surface area contributed by atoms with Crippen LogP contribution in [-0.2, 0) is 20.1 Å². The van der Waals surface area contributed by atoms with E-state index in [4.69, 9.17) is 0 Å². The van der Waals surface area contributed by atoms with Gasteiger partial charge in [-0.2, -0.15) is 0 Å². The summed E-state index contributed by atoms with van der Waals surface area (Å²) in [4.78, 5) is 0. The summed E-state index contributed by atoms with van der Waals surface area (Å²) in [7, 11) is 1.90. The quantitative estimate of drug-likeness (QED) is 0.899. The lowest BCUT2D eigenvalue weighted by atomic mass is 10.2. The molecule has 2 N–H and O–H groups in total. The van der Waals surface area contributed by atoms with Crippen LogP contribution in [0.15, 0.2) is 29.0 Å². The Morgan fingerprint density at radius 2 is 2.24 bits per heavy atom. The summed E-state index contributed by atoms with van der Waals surface area (Å²) in [6, 6.07) is 5.37. The Labute approximate surface area is 108 Å². The number of aromatic nitrogens is 3.